The van der Waals surface area contributed by atoms with Crippen molar-refractivity contribution in [3.8, 4) is 5.69 Å². The van der Waals surface area contributed by atoms with E-state index >= 15 is 0 Å². The minimum Gasteiger partial charge on any atom is -0.465 e. The number of carbonyl (C=O) groups is 1. The third kappa shape index (κ3) is 5.03. The van der Waals surface area contributed by atoms with Crippen LogP contribution in [-0.2, 0) is 17.8 Å². The highest BCUT2D eigenvalue weighted by atomic mass is 16.5. The van der Waals surface area contributed by atoms with Crippen molar-refractivity contribution in [1.29, 1.82) is 0 Å². The number of rotatable bonds is 6. The first kappa shape index (κ1) is 21.3. The van der Waals surface area contributed by atoms with E-state index < -0.39 is 0 Å². The normalized spacial score (nSPS) is 20.0. The number of hydrogen-bond donors (Lipinski definition) is 0. The van der Waals surface area contributed by atoms with Gasteiger partial charge in [0.1, 0.15) is 0 Å². The molecule has 1 aromatic heterocycles. The van der Waals surface area contributed by atoms with Crippen molar-refractivity contribution in [2.45, 2.75) is 39.0 Å². The Balaban J connectivity index is 1.35. The van der Waals surface area contributed by atoms with Gasteiger partial charge in [0.25, 0.3) is 0 Å². The zero-order valence-corrected chi connectivity index (χ0v) is 18.4. The highest BCUT2D eigenvalue weighted by Gasteiger charge is 2.29. The smallest absolute Gasteiger partial charge is 0.337 e. The van der Waals surface area contributed by atoms with Crippen LogP contribution < -0.4 is 0 Å². The van der Waals surface area contributed by atoms with Gasteiger partial charge in [-0.1, -0.05) is 24.3 Å². The van der Waals surface area contributed by atoms with E-state index in [0.717, 1.165) is 31.9 Å². The van der Waals surface area contributed by atoms with Gasteiger partial charge >= 0.3 is 5.97 Å². The topological polar surface area (TPSA) is 50.6 Å². The van der Waals surface area contributed by atoms with Gasteiger partial charge in [-0.05, 0) is 49.2 Å². The molecule has 2 aromatic carbocycles. The summed E-state index contributed by atoms with van der Waals surface area (Å²) in [5.41, 5.74) is 4.27. The van der Waals surface area contributed by atoms with Crippen LogP contribution in [0.4, 0.5) is 0 Å². The summed E-state index contributed by atoms with van der Waals surface area (Å²) in [4.78, 5) is 20.8. The summed E-state index contributed by atoms with van der Waals surface area (Å²) in [5, 5.41) is 0. The molecule has 1 saturated heterocycles. The van der Waals surface area contributed by atoms with Crippen molar-refractivity contribution < 1.29 is 9.53 Å². The van der Waals surface area contributed by atoms with Crippen LogP contribution >= 0.6 is 0 Å². The van der Waals surface area contributed by atoms with E-state index in [0.29, 0.717) is 17.6 Å². The molecule has 0 radical (unpaired) electrons. The lowest BCUT2D eigenvalue weighted by Gasteiger charge is -2.44. The van der Waals surface area contributed by atoms with Gasteiger partial charge in [0.15, 0.2) is 0 Å². The molecule has 0 amide bonds. The number of piperazine rings is 1. The van der Waals surface area contributed by atoms with Crippen LogP contribution in [-0.4, -0.2) is 57.6 Å². The van der Waals surface area contributed by atoms with Crippen LogP contribution in [0, 0.1) is 0 Å². The lowest BCUT2D eigenvalue weighted by molar-refractivity contribution is 0.0290. The van der Waals surface area contributed by atoms with E-state index in [4.69, 9.17) is 4.74 Å². The van der Waals surface area contributed by atoms with E-state index in [1.54, 1.807) is 6.20 Å². The molecule has 0 spiro atoms. The molecule has 1 aliphatic heterocycles. The maximum absolute atomic E-state index is 11.6. The molecule has 6 nitrogen and oxygen atoms in total. The van der Waals surface area contributed by atoms with Crippen molar-refractivity contribution in [3.05, 3.63) is 83.9 Å². The molecule has 6 heteroatoms. The number of esters is 1. The van der Waals surface area contributed by atoms with Gasteiger partial charge in [0.05, 0.1) is 19.0 Å². The van der Waals surface area contributed by atoms with Gasteiger partial charge in [-0.25, -0.2) is 9.78 Å². The van der Waals surface area contributed by atoms with E-state index in [1.807, 2.05) is 41.4 Å². The third-order valence-electron chi connectivity index (χ3n) is 6.06. The first-order chi connectivity index (χ1) is 15.0. The number of benzene rings is 2. The second kappa shape index (κ2) is 9.45. The minimum atomic E-state index is -0.292. The Morgan fingerprint density at radius 1 is 0.968 bits per heavy atom. The molecule has 4 rings (SSSR count). The summed E-state index contributed by atoms with van der Waals surface area (Å²) in [5.74, 6) is -0.292. The molecule has 0 saturated carbocycles. The van der Waals surface area contributed by atoms with E-state index in [2.05, 4.69) is 52.9 Å². The number of carbonyl (C=O) groups excluding carboxylic acids is 1. The van der Waals surface area contributed by atoms with Crippen LogP contribution in [0.2, 0.25) is 0 Å². The molecule has 31 heavy (non-hydrogen) atoms. The highest BCUT2D eigenvalue weighted by molar-refractivity contribution is 5.89. The Hall–Kier alpha value is -2.96. The van der Waals surface area contributed by atoms with Crippen LogP contribution in [0.1, 0.15) is 35.3 Å². The monoisotopic (exact) mass is 418 g/mol. The zero-order chi connectivity index (χ0) is 21.8. The molecule has 1 aliphatic rings. The molecule has 3 aromatic rings. The summed E-state index contributed by atoms with van der Waals surface area (Å²) >= 11 is 0. The Morgan fingerprint density at radius 2 is 1.58 bits per heavy atom. The Labute approximate surface area is 184 Å². The fourth-order valence-corrected chi connectivity index (χ4v) is 4.43. The lowest BCUT2D eigenvalue weighted by Crippen LogP contribution is -2.55. The molecule has 0 N–H and O–H groups in total. The fourth-order valence-electron chi connectivity index (χ4n) is 4.43. The summed E-state index contributed by atoms with van der Waals surface area (Å²) in [7, 11) is 1.41. The first-order valence-corrected chi connectivity index (χ1v) is 10.8. The lowest BCUT2D eigenvalue weighted by atomic mass is 10.0. The number of hydrogen-bond acceptors (Lipinski definition) is 5. The molecule has 1 fully saturated rings. The van der Waals surface area contributed by atoms with Crippen molar-refractivity contribution >= 4 is 5.97 Å². The van der Waals surface area contributed by atoms with Crippen molar-refractivity contribution in [2.75, 3.05) is 20.2 Å². The predicted molar refractivity (Wildman–Crippen MR) is 121 cm³/mol. The molecule has 0 bridgehead atoms. The molecular weight excluding hydrogens is 388 g/mol. The second-order valence-corrected chi connectivity index (χ2v) is 8.39. The second-order valence-electron chi connectivity index (χ2n) is 8.39. The molecule has 2 heterocycles. The quantitative estimate of drug-likeness (QED) is 0.571. The number of methoxy groups -OCH3 is 1. The molecule has 0 unspecified atom stereocenters. The zero-order valence-electron chi connectivity index (χ0n) is 18.4. The summed E-state index contributed by atoms with van der Waals surface area (Å²) in [6, 6.07) is 17.4. The number of nitrogens with zero attached hydrogens (tertiary/aromatic N) is 4. The van der Waals surface area contributed by atoms with Gasteiger partial charge in [-0.15, -0.1) is 0 Å². The standard InChI is InChI=1S/C25H30N4O2/c1-19-14-27(16-21-6-10-24(11-7-21)28-13-12-26-18-28)15-20(2)29(19)17-22-4-8-23(9-5-22)25(30)31-3/h4-13,18-20H,14-17H2,1-3H3/t19-,20+. The molecular formula is C25H30N4O2. The summed E-state index contributed by atoms with van der Waals surface area (Å²) < 4.78 is 6.81. The molecule has 2 atom stereocenters. The largest absolute Gasteiger partial charge is 0.465 e. The SMILES string of the molecule is COC(=O)c1ccc(CN2[C@H](C)CN(Cc3ccc(-n4ccnc4)cc3)C[C@@H]2C)cc1. The average Bonchev–Trinajstić information content (AvgIpc) is 3.32. The van der Waals surface area contributed by atoms with Gasteiger partial charge in [-0.3, -0.25) is 9.80 Å². The predicted octanol–water partition coefficient (Wildman–Crippen LogP) is 3.75. The number of ether oxygens (including phenoxy) is 1. The Bertz CT molecular complexity index is 971. The van der Waals surface area contributed by atoms with Crippen molar-refractivity contribution in [3.63, 3.8) is 0 Å². The van der Waals surface area contributed by atoms with E-state index in [1.165, 1.54) is 18.2 Å². The summed E-state index contributed by atoms with van der Waals surface area (Å²) in [6.07, 6.45) is 5.57. The van der Waals surface area contributed by atoms with Gasteiger partial charge in [0.2, 0.25) is 0 Å². The van der Waals surface area contributed by atoms with Crippen LogP contribution in [0.3, 0.4) is 0 Å². The van der Waals surface area contributed by atoms with E-state index in [-0.39, 0.29) is 5.97 Å². The fraction of sp³-hybridized carbons (Fsp3) is 0.360. The molecule has 162 valence electrons. The third-order valence-corrected chi connectivity index (χ3v) is 6.06. The highest BCUT2D eigenvalue weighted by Crippen LogP contribution is 2.21. The van der Waals surface area contributed by atoms with Crippen molar-refractivity contribution in [2.24, 2.45) is 0 Å². The summed E-state index contributed by atoms with van der Waals surface area (Å²) in [6.45, 7) is 8.51. The average molecular weight is 419 g/mol. The Morgan fingerprint density at radius 3 is 2.16 bits per heavy atom. The van der Waals surface area contributed by atoms with Gasteiger partial charge in [0, 0.05) is 56.3 Å². The van der Waals surface area contributed by atoms with Crippen LogP contribution in [0.5, 0.6) is 0 Å². The van der Waals surface area contributed by atoms with Crippen molar-refractivity contribution in [1.82, 2.24) is 19.4 Å². The maximum Gasteiger partial charge on any atom is 0.337 e. The minimum absolute atomic E-state index is 0.292. The number of imidazole rings is 1. The van der Waals surface area contributed by atoms with Gasteiger partial charge < -0.3 is 9.30 Å². The van der Waals surface area contributed by atoms with Gasteiger partial charge in [-0.2, -0.15) is 0 Å². The molecule has 0 aliphatic carbocycles. The Kier molecular flexibility index (Phi) is 6.49. The van der Waals surface area contributed by atoms with E-state index in [9.17, 15) is 4.79 Å². The van der Waals surface area contributed by atoms with Crippen LogP contribution in [0.15, 0.2) is 67.3 Å². The maximum atomic E-state index is 11.6. The number of aromatic nitrogens is 2. The first-order valence-electron chi connectivity index (χ1n) is 10.8. The van der Waals surface area contributed by atoms with Crippen LogP contribution in [0.25, 0.3) is 5.69 Å².